The van der Waals surface area contributed by atoms with Crippen molar-refractivity contribution in [3.63, 3.8) is 0 Å². The van der Waals surface area contributed by atoms with Gasteiger partial charge in [-0.2, -0.15) is 0 Å². The second-order valence-electron chi connectivity index (χ2n) is 6.49. The van der Waals surface area contributed by atoms with Gasteiger partial charge in [-0.1, -0.05) is 29.8 Å². The molecule has 3 rings (SSSR count). The van der Waals surface area contributed by atoms with E-state index in [1.54, 1.807) is 6.92 Å². The van der Waals surface area contributed by atoms with Crippen LogP contribution in [0, 0.1) is 6.92 Å². The lowest BCUT2D eigenvalue weighted by molar-refractivity contribution is -0.127. The van der Waals surface area contributed by atoms with E-state index in [2.05, 4.69) is 9.71 Å². The fourth-order valence-corrected chi connectivity index (χ4v) is 4.70. The van der Waals surface area contributed by atoms with Gasteiger partial charge in [0.1, 0.15) is 10.7 Å². The molecule has 1 N–H and O–H groups in total. The van der Waals surface area contributed by atoms with Gasteiger partial charge in [-0.3, -0.25) is 14.5 Å². The van der Waals surface area contributed by atoms with Crippen LogP contribution in [0.15, 0.2) is 34.8 Å². The van der Waals surface area contributed by atoms with E-state index in [-0.39, 0.29) is 5.91 Å². The van der Waals surface area contributed by atoms with E-state index in [1.165, 1.54) is 0 Å². The van der Waals surface area contributed by atoms with Crippen molar-refractivity contribution in [3.05, 3.63) is 41.0 Å². The SMILES string of the molecule is CC1=C(c2ccc(C)cc2)S(=O)(=O)NC1=NCCCN1CCCC1=O. The molecule has 1 aromatic rings. The van der Waals surface area contributed by atoms with Crippen LogP contribution in [0.3, 0.4) is 0 Å². The summed E-state index contributed by atoms with van der Waals surface area (Å²) in [4.78, 5) is 18.1. The maximum Gasteiger partial charge on any atom is 0.264 e. The first kappa shape index (κ1) is 17.7. The van der Waals surface area contributed by atoms with Gasteiger partial charge in [0.25, 0.3) is 10.0 Å². The van der Waals surface area contributed by atoms with Crippen LogP contribution in [0.25, 0.3) is 4.91 Å². The summed E-state index contributed by atoms with van der Waals surface area (Å²) in [6, 6.07) is 7.42. The molecule has 0 bridgehead atoms. The minimum absolute atomic E-state index is 0.201. The molecule has 0 saturated carbocycles. The molecule has 0 radical (unpaired) electrons. The van der Waals surface area contributed by atoms with Crippen LogP contribution in [0.4, 0.5) is 0 Å². The summed E-state index contributed by atoms with van der Waals surface area (Å²) in [5.41, 5.74) is 2.39. The fraction of sp³-hybridized carbons (Fsp3) is 0.444. The molecule has 0 spiro atoms. The van der Waals surface area contributed by atoms with Gasteiger partial charge in [0.15, 0.2) is 0 Å². The van der Waals surface area contributed by atoms with E-state index in [4.69, 9.17) is 0 Å². The number of carbonyl (C=O) groups is 1. The molecule has 1 aromatic carbocycles. The Morgan fingerprint density at radius 1 is 1.20 bits per heavy atom. The van der Waals surface area contributed by atoms with Crippen LogP contribution < -0.4 is 4.72 Å². The number of benzene rings is 1. The Balaban J connectivity index is 1.72. The summed E-state index contributed by atoms with van der Waals surface area (Å²) < 4.78 is 27.4. The molecular weight excluding hydrogens is 338 g/mol. The van der Waals surface area contributed by atoms with Crippen molar-refractivity contribution < 1.29 is 13.2 Å². The van der Waals surface area contributed by atoms with Gasteiger partial charge in [0.05, 0.1) is 0 Å². The summed E-state index contributed by atoms with van der Waals surface area (Å²) in [5, 5.41) is 0. The summed E-state index contributed by atoms with van der Waals surface area (Å²) in [6.45, 7) is 5.72. The van der Waals surface area contributed by atoms with Crippen molar-refractivity contribution in [1.82, 2.24) is 9.62 Å². The van der Waals surface area contributed by atoms with Crippen LogP contribution in [0.2, 0.25) is 0 Å². The van der Waals surface area contributed by atoms with E-state index < -0.39 is 10.0 Å². The van der Waals surface area contributed by atoms with Crippen LogP contribution >= 0.6 is 0 Å². The first-order chi connectivity index (χ1) is 11.9. The maximum atomic E-state index is 12.5. The minimum Gasteiger partial charge on any atom is -0.343 e. The summed E-state index contributed by atoms with van der Waals surface area (Å²) in [7, 11) is -3.58. The second-order valence-corrected chi connectivity index (χ2v) is 8.11. The zero-order valence-electron chi connectivity index (χ0n) is 14.6. The van der Waals surface area contributed by atoms with Crippen LogP contribution in [-0.2, 0) is 14.8 Å². The molecule has 25 heavy (non-hydrogen) atoms. The molecule has 0 aromatic heterocycles. The molecule has 0 aliphatic carbocycles. The zero-order chi connectivity index (χ0) is 18.0. The number of rotatable bonds is 5. The quantitative estimate of drug-likeness (QED) is 0.816. The third-order valence-electron chi connectivity index (χ3n) is 4.54. The Labute approximate surface area is 148 Å². The number of aliphatic imine (C=N–C) groups is 1. The Bertz CT molecular complexity index is 839. The molecule has 0 atom stereocenters. The normalized spacial score (nSPS) is 21.3. The smallest absolute Gasteiger partial charge is 0.264 e. The van der Waals surface area contributed by atoms with Crippen molar-refractivity contribution in [1.29, 1.82) is 0 Å². The zero-order valence-corrected chi connectivity index (χ0v) is 15.4. The number of nitrogens with one attached hydrogen (secondary N) is 1. The lowest BCUT2D eigenvalue weighted by atomic mass is 10.1. The number of hydrogen-bond donors (Lipinski definition) is 1. The highest BCUT2D eigenvalue weighted by atomic mass is 32.2. The number of aryl methyl sites for hydroxylation is 1. The van der Waals surface area contributed by atoms with Crippen LogP contribution in [0.5, 0.6) is 0 Å². The molecule has 2 aliphatic rings. The lowest BCUT2D eigenvalue weighted by Crippen LogP contribution is -2.27. The molecule has 134 valence electrons. The Kier molecular flexibility index (Phi) is 4.94. The predicted molar refractivity (Wildman–Crippen MR) is 98.6 cm³/mol. The third-order valence-corrected chi connectivity index (χ3v) is 6.08. The Hall–Kier alpha value is -2.15. The second kappa shape index (κ2) is 7.00. The first-order valence-electron chi connectivity index (χ1n) is 8.52. The number of hydrogen-bond acceptors (Lipinski definition) is 4. The summed E-state index contributed by atoms with van der Waals surface area (Å²) in [6.07, 6.45) is 2.29. The lowest BCUT2D eigenvalue weighted by Gasteiger charge is -2.14. The van der Waals surface area contributed by atoms with E-state index in [0.29, 0.717) is 41.4 Å². The Morgan fingerprint density at radius 3 is 2.56 bits per heavy atom. The van der Waals surface area contributed by atoms with E-state index >= 15 is 0 Å². The molecule has 1 amide bonds. The number of sulfonamides is 1. The Morgan fingerprint density at radius 2 is 1.92 bits per heavy atom. The average molecular weight is 361 g/mol. The van der Waals surface area contributed by atoms with Crippen molar-refractivity contribution in [2.24, 2.45) is 4.99 Å². The van der Waals surface area contributed by atoms with Gasteiger partial charge < -0.3 is 4.90 Å². The fourth-order valence-electron chi connectivity index (χ4n) is 3.18. The van der Waals surface area contributed by atoms with Crippen molar-refractivity contribution in [2.45, 2.75) is 33.1 Å². The molecule has 7 heteroatoms. The molecule has 1 saturated heterocycles. The first-order valence-corrected chi connectivity index (χ1v) is 10.00. The van der Waals surface area contributed by atoms with Crippen molar-refractivity contribution in [3.8, 4) is 0 Å². The largest absolute Gasteiger partial charge is 0.343 e. The highest BCUT2D eigenvalue weighted by Gasteiger charge is 2.32. The summed E-state index contributed by atoms with van der Waals surface area (Å²) in [5.74, 6) is 0.607. The monoisotopic (exact) mass is 361 g/mol. The van der Waals surface area contributed by atoms with Crippen LogP contribution in [-0.4, -0.2) is 44.7 Å². The summed E-state index contributed by atoms with van der Waals surface area (Å²) >= 11 is 0. The average Bonchev–Trinajstić information content (AvgIpc) is 3.06. The topological polar surface area (TPSA) is 78.8 Å². The van der Waals surface area contributed by atoms with E-state index in [1.807, 2.05) is 36.1 Å². The number of amidine groups is 1. The number of amides is 1. The minimum atomic E-state index is -3.58. The van der Waals surface area contributed by atoms with Gasteiger partial charge in [0.2, 0.25) is 5.91 Å². The number of nitrogens with zero attached hydrogens (tertiary/aromatic N) is 2. The van der Waals surface area contributed by atoms with Gasteiger partial charge in [-0.05, 0) is 32.3 Å². The van der Waals surface area contributed by atoms with Gasteiger partial charge in [-0.25, -0.2) is 8.42 Å². The molecular formula is C18H23N3O3S. The molecule has 1 fully saturated rings. The van der Waals surface area contributed by atoms with Gasteiger partial charge in [0, 0.05) is 31.6 Å². The van der Waals surface area contributed by atoms with Crippen molar-refractivity contribution in [2.75, 3.05) is 19.6 Å². The third kappa shape index (κ3) is 3.76. The standard InChI is InChI=1S/C18H23N3O3S/c1-13-6-8-15(9-7-13)17-14(2)18(20-25(17,23)24)19-10-4-12-21-11-3-5-16(21)22/h6-9H,3-5,10-12H2,1-2H3,(H,19,20). The highest BCUT2D eigenvalue weighted by Crippen LogP contribution is 2.29. The van der Waals surface area contributed by atoms with E-state index in [9.17, 15) is 13.2 Å². The van der Waals surface area contributed by atoms with Crippen LogP contribution in [0.1, 0.15) is 37.3 Å². The van der Waals surface area contributed by atoms with Crippen molar-refractivity contribution >= 4 is 26.7 Å². The number of carbonyl (C=O) groups excluding carboxylic acids is 1. The molecule has 6 nitrogen and oxygen atoms in total. The molecule has 2 heterocycles. The molecule has 0 unspecified atom stereocenters. The number of likely N-dealkylation sites (tertiary alicyclic amines) is 1. The maximum absolute atomic E-state index is 12.5. The van der Waals surface area contributed by atoms with Gasteiger partial charge >= 0.3 is 0 Å². The predicted octanol–water partition coefficient (Wildman–Crippen LogP) is 2.07. The van der Waals surface area contributed by atoms with Gasteiger partial charge in [-0.15, -0.1) is 0 Å². The van der Waals surface area contributed by atoms with E-state index in [0.717, 1.165) is 24.9 Å². The highest BCUT2D eigenvalue weighted by molar-refractivity contribution is 8.00. The molecule has 2 aliphatic heterocycles.